The number of carbonyl (C=O) groups excluding carboxylic acids is 2. The lowest BCUT2D eigenvalue weighted by atomic mass is 10.1. The van der Waals surface area contributed by atoms with E-state index < -0.39 is 11.9 Å². The smallest absolute Gasteiger partial charge is 0.237 e. The maximum Gasteiger partial charge on any atom is 0.237 e. The molecule has 0 aliphatic carbocycles. The highest BCUT2D eigenvalue weighted by Gasteiger charge is 2.15. The number of amides is 2. The molecule has 1 atom stereocenters. The van der Waals surface area contributed by atoms with Crippen molar-refractivity contribution in [2.24, 2.45) is 11.5 Å². The van der Waals surface area contributed by atoms with Gasteiger partial charge in [0, 0.05) is 26.2 Å². The molecule has 1 unspecified atom stereocenters. The summed E-state index contributed by atoms with van der Waals surface area (Å²) in [5.74, 6) is -0.957. The van der Waals surface area contributed by atoms with Crippen LogP contribution in [0.1, 0.15) is 17.5 Å². The third-order valence-electron chi connectivity index (χ3n) is 3.76. The molecule has 0 saturated carbocycles. The number of hydrogen-bond donors (Lipinski definition) is 3. The molecular formula is C16H24N4O3. The predicted molar refractivity (Wildman–Crippen MR) is 86.2 cm³/mol. The van der Waals surface area contributed by atoms with E-state index in [9.17, 15) is 9.59 Å². The first-order valence-corrected chi connectivity index (χ1v) is 7.74. The van der Waals surface area contributed by atoms with E-state index >= 15 is 0 Å². The molecule has 0 bridgehead atoms. The summed E-state index contributed by atoms with van der Waals surface area (Å²) in [6.45, 7) is 4.76. The van der Waals surface area contributed by atoms with Crippen LogP contribution in [0.2, 0.25) is 0 Å². The average Bonchev–Trinajstić information content (AvgIpc) is 2.54. The van der Waals surface area contributed by atoms with Crippen LogP contribution in [0.3, 0.4) is 0 Å². The van der Waals surface area contributed by atoms with Gasteiger partial charge in [0.25, 0.3) is 0 Å². The second-order valence-electron chi connectivity index (χ2n) is 5.70. The Labute approximate surface area is 136 Å². The molecule has 23 heavy (non-hydrogen) atoms. The largest absolute Gasteiger partial charge is 0.379 e. The van der Waals surface area contributed by atoms with Gasteiger partial charge < -0.3 is 21.5 Å². The highest BCUT2D eigenvalue weighted by molar-refractivity contribution is 5.87. The Morgan fingerprint density at radius 2 is 1.78 bits per heavy atom. The molecule has 7 heteroatoms. The maximum atomic E-state index is 11.7. The van der Waals surface area contributed by atoms with Crippen molar-refractivity contribution in [2.45, 2.75) is 25.6 Å². The highest BCUT2D eigenvalue weighted by atomic mass is 16.5. The van der Waals surface area contributed by atoms with Crippen LogP contribution in [-0.2, 0) is 27.4 Å². The maximum absolute atomic E-state index is 11.7. The third-order valence-corrected chi connectivity index (χ3v) is 3.76. The lowest BCUT2D eigenvalue weighted by molar-refractivity contribution is -0.126. The molecule has 1 heterocycles. The molecule has 7 nitrogen and oxygen atoms in total. The Kier molecular flexibility index (Phi) is 6.52. The summed E-state index contributed by atoms with van der Waals surface area (Å²) in [6, 6.07) is 7.18. The van der Waals surface area contributed by atoms with Crippen LogP contribution < -0.4 is 16.8 Å². The van der Waals surface area contributed by atoms with Gasteiger partial charge in [-0.15, -0.1) is 0 Å². The number of carbonyl (C=O) groups is 2. The number of primary amides is 1. The van der Waals surface area contributed by atoms with E-state index in [-0.39, 0.29) is 12.3 Å². The molecule has 1 fully saturated rings. The van der Waals surface area contributed by atoms with Crippen LogP contribution >= 0.6 is 0 Å². The summed E-state index contributed by atoms with van der Waals surface area (Å²) >= 11 is 0. The van der Waals surface area contributed by atoms with Gasteiger partial charge >= 0.3 is 0 Å². The molecule has 0 radical (unpaired) electrons. The fourth-order valence-corrected chi connectivity index (χ4v) is 2.41. The number of benzene rings is 1. The van der Waals surface area contributed by atoms with Crippen LogP contribution in [0, 0.1) is 0 Å². The first-order chi connectivity index (χ1) is 11.0. The van der Waals surface area contributed by atoms with Crippen molar-refractivity contribution >= 4 is 11.8 Å². The summed E-state index contributed by atoms with van der Waals surface area (Å²) in [6.07, 6.45) is -0.148. The predicted octanol–water partition coefficient (Wildman–Crippen LogP) is -0.662. The average molecular weight is 320 g/mol. The molecule has 0 aromatic heterocycles. The molecule has 1 saturated heterocycles. The van der Waals surface area contributed by atoms with E-state index in [1.54, 1.807) is 0 Å². The number of nitrogens with zero attached hydrogens (tertiary/aromatic N) is 1. The van der Waals surface area contributed by atoms with Gasteiger partial charge in [-0.25, -0.2) is 0 Å². The van der Waals surface area contributed by atoms with Gasteiger partial charge in [0.05, 0.1) is 25.7 Å². The van der Waals surface area contributed by atoms with Gasteiger partial charge in [-0.1, -0.05) is 24.3 Å². The summed E-state index contributed by atoms with van der Waals surface area (Å²) in [5, 5.41) is 2.71. The number of ether oxygens (including phenoxy) is 1. The Morgan fingerprint density at radius 1 is 1.17 bits per heavy atom. The van der Waals surface area contributed by atoms with Gasteiger partial charge in [-0.3, -0.25) is 14.5 Å². The topological polar surface area (TPSA) is 111 Å². The van der Waals surface area contributed by atoms with Gasteiger partial charge in [0.1, 0.15) is 0 Å². The first kappa shape index (κ1) is 17.4. The Bertz CT molecular complexity index is 527. The second kappa shape index (κ2) is 8.61. The lowest BCUT2D eigenvalue weighted by Gasteiger charge is -2.26. The number of nitrogens with two attached hydrogens (primary N) is 2. The minimum Gasteiger partial charge on any atom is -0.379 e. The number of nitrogens with one attached hydrogen (secondary N) is 1. The fourth-order valence-electron chi connectivity index (χ4n) is 2.41. The molecule has 5 N–H and O–H groups in total. The van der Waals surface area contributed by atoms with Crippen molar-refractivity contribution < 1.29 is 14.3 Å². The van der Waals surface area contributed by atoms with E-state index in [0.29, 0.717) is 6.54 Å². The number of morpholine rings is 1. The molecular weight excluding hydrogens is 296 g/mol. The molecule has 1 aliphatic rings. The zero-order valence-electron chi connectivity index (χ0n) is 13.2. The molecule has 2 rings (SSSR count). The molecule has 1 aromatic carbocycles. The van der Waals surface area contributed by atoms with E-state index in [1.165, 1.54) is 5.56 Å². The van der Waals surface area contributed by atoms with E-state index in [4.69, 9.17) is 16.2 Å². The van der Waals surface area contributed by atoms with E-state index in [2.05, 4.69) is 22.3 Å². The molecule has 1 aliphatic heterocycles. The van der Waals surface area contributed by atoms with Gasteiger partial charge in [-0.05, 0) is 11.1 Å². The SMILES string of the molecule is NC(=O)CC(N)C(=O)NCc1ccc(CN2CCOCC2)cc1. The first-order valence-electron chi connectivity index (χ1n) is 7.74. The van der Waals surface area contributed by atoms with Crippen LogP contribution in [0.15, 0.2) is 24.3 Å². The number of rotatable bonds is 7. The third kappa shape index (κ3) is 5.97. The van der Waals surface area contributed by atoms with Crippen molar-refractivity contribution in [3.8, 4) is 0 Å². The quantitative estimate of drug-likeness (QED) is 0.617. The van der Waals surface area contributed by atoms with Crippen molar-refractivity contribution in [3.63, 3.8) is 0 Å². The van der Waals surface area contributed by atoms with Crippen molar-refractivity contribution in [1.82, 2.24) is 10.2 Å². The Hall–Kier alpha value is -1.96. The standard InChI is InChI=1S/C16H24N4O3/c17-14(9-15(18)21)16(22)19-10-12-1-3-13(4-2-12)11-20-5-7-23-8-6-20/h1-4,14H,5-11,17H2,(H2,18,21)(H,19,22). The zero-order chi connectivity index (χ0) is 16.7. The van der Waals surface area contributed by atoms with E-state index in [1.807, 2.05) is 12.1 Å². The second-order valence-corrected chi connectivity index (χ2v) is 5.70. The van der Waals surface area contributed by atoms with Gasteiger partial charge in [0.15, 0.2) is 0 Å². The normalized spacial score (nSPS) is 16.7. The van der Waals surface area contributed by atoms with Crippen molar-refractivity contribution in [2.75, 3.05) is 26.3 Å². The molecule has 0 spiro atoms. The van der Waals surface area contributed by atoms with Crippen LogP contribution in [0.25, 0.3) is 0 Å². The minimum absolute atomic E-state index is 0.148. The Balaban J connectivity index is 1.78. The van der Waals surface area contributed by atoms with Crippen LogP contribution in [0.5, 0.6) is 0 Å². The molecule has 126 valence electrons. The minimum atomic E-state index is -0.895. The van der Waals surface area contributed by atoms with Gasteiger partial charge in [0.2, 0.25) is 11.8 Å². The van der Waals surface area contributed by atoms with Crippen molar-refractivity contribution in [1.29, 1.82) is 0 Å². The molecule has 1 aromatic rings. The lowest BCUT2D eigenvalue weighted by Crippen LogP contribution is -2.42. The monoisotopic (exact) mass is 320 g/mol. The van der Waals surface area contributed by atoms with E-state index in [0.717, 1.165) is 38.4 Å². The Morgan fingerprint density at radius 3 is 2.39 bits per heavy atom. The van der Waals surface area contributed by atoms with Crippen LogP contribution in [-0.4, -0.2) is 49.1 Å². The molecule has 2 amide bonds. The summed E-state index contributed by atoms with van der Waals surface area (Å²) < 4.78 is 5.33. The highest BCUT2D eigenvalue weighted by Crippen LogP contribution is 2.09. The summed E-state index contributed by atoms with van der Waals surface area (Å²) in [5.41, 5.74) is 12.8. The summed E-state index contributed by atoms with van der Waals surface area (Å²) in [7, 11) is 0. The number of hydrogen-bond acceptors (Lipinski definition) is 5. The van der Waals surface area contributed by atoms with Crippen LogP contribution in [0.4, 0.5) is 0 Å². The zero-order valence-corrected chi connectivity index (χ0v) is 13.2. The van der Waals surface area contributed by atoms with Crippen molar-refractivity contribution in [3.05, 3.63) is 35.4 Å². The summed E-state index contributed by atoms with van der Waals surface area (Å²) in [4.78, 5) is 24.8. The van der Waals surface area contributed by atoms with Gasteiger partial charge in [-0.2, -0.15) is 0 Å². The fraction of sp³-hybridized carbons (Fsp3) is 0.500.